The quantitative estimate of drug-likeness (QED) is 0.806. The van der Waals surface area contributed by atoms with Crippen molar-refractivity contribution >= 4 is 12.2 Å². The molecule has 4 heteroatoms. The number of aromatic amines is 1. The molecule has 0 atom stereocenters. The van der Waals surface area contributed by atoms with E-state index in [0.29, 0.717) is 4.64 Å². The molecule has 0 aliphatic carbocycles. The normalized spacial score (nSPS) is 11.1. The molecule has 0 fully saturated rings. The maximum atomic E-state index is 13.5. The molecule has 1 aromatic heterocycles. The van der Waals surface area contributed by atoms with Gasteiger partial charge in [0.25, 0.3) is 0 Å². The van der Waals surface area contributed by atoms with Crippen molar-refractivity contribution in [3.63, 3.8) is 0 Å². The highest BCUT2D eigenvalue weighted by atomic mass is 32.1. The SMILES string of the molecule is Cc1ccc(F)cc1-c1[nH]c(C(C)C)nc(=S)c1C. The summed E-state index contributed by atoms with van der Waals surface area (Å²) in [6.07, 6.45) is 0. The van der Waals surface area contributed by atoms with Gasteiger partial charge in [0.2, 0.25) is 0 Å². The maximum Gasteiger partial charge on any atom is 0.133 e. The van der Waals surface area contributed by atoms with E-state index in [9.17, 15) is 4.39 Å². The van der Waals surface area contributed by atoms with E-state index in [1.54, 1.807) is 6.07 Å². The summed E-state index contributed by atoms with van der Waals surface area (Å²) in [6, 6.07) is 4.77. The number of aryl methyl sites for hydroxylation is 1. The van der Waals surface area contributed by atoms with Crippen molar-refractivity contribution in [1.29, 1.82) is 0 Å². The molecule has 2 nitrogen and oxygen atoms in total. The number of nitrogens with zero attached hydrogens (tertiary/aromatic N) is 1. The summed E-state index contributed by atoms with van der Waals surface area (Å²) in [5.74, 6) is 0.825. The molecule has 0 unspecified atom stereocenters. The van der Waals surface area contributed by atoms with Gasteiger partial charge in [-0.3, -0.25) is 0 Å². The molecule has 0 aliphatic heterocycles. The first-order valence-corrected chi connectivity index (χ1v) is 6.68. The van der Waals surface area contributed by atoms with Crippen LogP contribution in [0.4, 0.5) is 4.39 Å². The lowest BCUT2D eigenvalue weighted by molar-refractivity contribution is 0.627. The van der Waals surface area contributed by atoms with Crippen LogP contribution >= 0.6 is 12.2 Å². The molecule has 19 heavy (non-hydrogen) atoms. The van der Waals surface area contributed by atoms with E-state index in [-0.39, 0.29) is 11.7 Å². The summed E-state index contributed by atoms with van der Waals surface area (Å²) in [4.78, 5) is 7.67. The molecule has 0 bridgehead atoms. The minimum atomic E-state index is -0.248. The Morgan fingerprint density at radius 3 is 2.58 bits per heavy atom. The van der Waals surface area contributed by atoms with Gasteiger partial charge in [-0.25, -0.2) is 9.37 Å². The second-order valence-electron chi connectivity index (χ2n) is 5.04. The Labute approximate surface area is 117 Å². The number of H-pyrrole nitrogens is 1. The Morgan fingerprint density at radius 2 is 1.95 bits per heavy atom. The van der Waals surface area contributed by atoms with E-state index < -0.39 is 0 Å². The minimum absolute atomic E-state index is 0.245. The lowest BCUT2D eigenvalue weighted by Crippen LogP contribution is -2.03. The largest absolute Gasteiger partial charge is 0.343 e. The fourth-order valence-corrected chi connectivity index (χ4v) is 2.16. The van der Waals surface area contributed by atoms with Crippen LogP contribution in [-0.2, 0) is 0 Å². The van der Waals surface area contributed by atoms with Gasteiger partial charge in [0.05, 0.1) is 5.69 Å². The molecular weight excluding hydrogens is 259 g/mol. The van der Waals surface area contributed by atoms with Crippen molar-refractivity contribution < 1.29 is 4.39 Å². The van der Waals surface area contributed by atoms with Crippen molar-refractivity contribution in [2.45, 2.75) is 33.6 Å². The smallest absolute Gasteiger partial charge is 0.133 e. The molecular formula is C15H17FN2S. The Kier molecular flexibility index (Phi) is 3.80. The summed E-state index contributed by atoms with van der Waals surface area (Å²) in [5, 5.41) is 0. The second-order valence-corrected chi connectivity index (χ2v) is 5.43. The molecule has 0 saturated carbocycles. The third-order valence-corrected chi connectivity index (χ3v) is 3.58. The Balaban J connectivity index is 2.74. The predicted octanol–water partition coefficient (Wildman–Crippen LogP) is 4.69. The molecule has 2 aromatic rings. The van der Waals surface area contributed by atoms with Gasteiger partial charge in [-0.15, -0.1) is 0 Å². The molecule has 0 radical (unpaired) electrons. The Hall–Kier alpha value is -1.55. The van der Waals surface area contributed by atoms with Crippen LogP contribution in [0.3, 0.4) is 0 Å². The highest BCUT2D eigenvalue weighted by molar-refractivity contribution is 7.71. The van der Waals surface area contributed by atoms with Crippen molar-refractivity contribution in [3.05, 3.63) is 45.6 Å². The van der Waals surface area contributed by atoms with E-state index >= 15 is 0 Å². The Morgan fingerprint density at radius 1 is 1.26 bits per heavy atom. The summed E-state index contributed by atoms with van der Waals surface area (Å²) >= 11 is 5.30. The molecule has 2 rings (SSSR count). The number of hydrogen-bond donors (Lipinski definition) is 1. The first kappa shape index (κ1) is 13.9. The lowest BCUT2D eigenvalue weighted by atomic mass is 10.0. The van der Waals surface area contributed by atoms with Crippen molar-refractivity contribution in [2.24, 2.45) is 0 Å². The third-order valence-electron chi connectivity index (χ3n) is 3.19. The minimum Gasteiger partial charge on any atom is -0.343 e. The zero-order valence-electron chi connectivity index (χ0n) is 11.5. The van der Waals surface area contributed by atoms with Crippen LogP contribution < -0.4 is 0 Å². The number of halogens is 1. The molecule has 0 spiro atoms. The molecule has 1 heterocycles. The van der Waals surface area contributed by atoms with Crippen molar-refractivity contribution in [1.82, 2.24) is 9.97 Å². The first-order valence-electron chi connectivity index (χ1n) is 6.27. The number of hydrogen-bond acceptors (Lipinski definition) is 2. The third kappa shape index (κ3) is 2.73. The summed E-state index contributed by atoms with van der Waals surface area (Å²) < 4.78 is 14.0. The fourth-order valence-electron chi connectivity index (χ4n) is 1.96. The molecule has 1 aromatic carbocycles. The van der Waals surface area contributed by atoms with Crippen molar-refractivity contribution in [2.75, 3.05) is 0 Å². The standard InChI is InChI=1S/C15H17FN2S/c1-8(2)14-17-13(10(4)15(19)18-14)12-7-11(16)6-5-9(12)3/h5-8H,1-4H3,(H,17,18,19). The van der Waals surface area contributed by atoms with Gasteiger partial charge in [-0.1, -0.05) is 32.1 Å². The second kappa shape index (κ2) is 5.21. The zero-order valence-corrected chi connectivity index (χ0v) is 12.4. The molecule has 100 valence electrons. The summed E-state index contributed by atoms with van der Waals surface area (Å²) in [5.41, 5.74) is 3.60. The van der Waals surface area contributed by atoms with Gasteiger partial charge in [0.1, 0.15) is 16.3 Å². The number of aromatic nitrogens is 2. The lowest BCUT2D eigenvalue weighted by Gasteiger charge is -2.13. The molecule has 0 saturated heterocycles. The van der Waals surface area contributed by atoms with E-state index in [2.05, 4.69) is 9.97 Å². The van der Waals surface area contributed by atoms with Crippen molar-refractivity contribution in [3.8, 4) is 11.3 Å². The van der Waals surface area contributed by atoms with E-state index in [0.717, 1.165) is 28.2 Å². The van der Waals surface area contributed by atoms with Crippen LogP contribution in [0.25, 0.3) is 11.3 Å². The van der Waals surface area contributed by atoms with E-state index in [4.69, 9.17) is 12.2 Å². The summed E-state index contributed by atoms with van der Waals surface area (Å²) in [7, 11) is 0. The monoisotopic (exact) mass is 276 g/mol. The average Bonchev–Trinajstić information content (AvgIpc) is 2.35. The van der Waals surface area contributed by atoms with Gasteiger partial charge in [0.15, 0.2) is 0 Å². The highest BCUT2D eigenvalue weighted by Gasteiger charge is 2.12. The topological polar surface area (TPSA) is 28.7 Å². The predicted molar refractivity (Wildman–Crippen MR) is 78.4 cm³/mol. The highest BCUT2D eigenvalue weighted by Crippen LogP contribution is 2.27. The molecule has 0 amide bonds. The number of nitrogens with one attached hydrogen (secondary N) is 1. The van der Waals surface area contributed by atoms with Gasteiger partial charge in [0, 0.05) is 17.0 Å². The van der Waals surface area contributed by atoms with E-state index in [1.807, 2.05) is 27.7 Å². The molecule has 1 N–H and O–H groups in total. The zero-order chi connectivity index (χ0) is 14.2. The van der Waals surface area contributed by atoms with Gasteiger partial charge >= 0.3 is 0 Å². The summed E-state index contributed by atoms with van der Waals surface area (Å²) in [6.45, 7) is 7.96. The van der Waals surface area contributed by atoms with Crippen LogP contribution in [0.1, 0.15) is 36.7 Å². The van der Waals surface area contributed by atoms with E-state index in [1.165, 1.54) is 12.1 Å². The van der Waals surface area contributed by atoms with Gasteiger partial charge in [-0.05, 0) is 31.5 Å². The van der Waals surface area contributed by atoms with Gasteiger partial charge < -0.3 is 4.98 Å². The van der Waals surface area contributed by atoms with Crippen LogP contribution in [0.15, 0.2) is 18.2 Å². The first-order chi connectivity index (χ1) is 8.90. The van der Waals surface area contributed by atoms with Crippen LogP contribution in [0.5, 0.6) is 0 Å². The van der Waals surface area contributed by atoms with Gasteiger partial charge in [-0.2, -0.15) is 0 Å². The maximum absolute atomic E-state index is 13.5. The number of benzene rings is 1. The van der Waals surface area contributed by atoms with Crippen LogP contribution in [0, 0.1) is 24.3 Å². The Bertz CT molecular complexity index is 674. The fraction of sp³-hybridized carbons (Fsp3) is 0.333. The average molecular weight is 276 g/mol. The molecule has 0 aliphatic rings. The number of rotatable bonds is 2. The van der Waals surface area contributed by atoms with Crippen LogP contribution in [0.2, 0.25) is 0 Å². The van der Waals surface area contributed by atoms with Crippen LogP contribution in [-0.4, -0.2) is 9.97 Å².